The topological polar surface area (TPSA) is 107 Å². The Kier molecular flexibility index (Phi) is 5.44. The van der Waals surface area contributed by atoms with Crippen molar-refractivity contribution in [3.05, 3.63) is 18.7 Å². The molecule has 0 saturated heterocycles. The van der Waals surface area contributed by atoms with Crippen molar-refractivity contribution in [2.75, 3.05) is 10.7 Å². The van der Waals surface area contributed by atoms with Gasteiger partial charge in [0.25, 0.3) is 0 Å². The van der Waals surface area contributed by atoms with Crippen LogP contribution in [0.2, 0.25) is 0 Å². The van der Waals surface area contributed by atoms with E-state index < -0.39 is 0 Å². The lowest BCUT2D eigenvalue weighted by molar-refractivity contribution is 0.611. The zero-order valence-corrected chi connectivity index (χ0v) is 12.5. The van der Waals surface area contributed by atoms with Crippen molar-refractivity contribution in [1.29, 1.82) is 0 Å². The number of hydrogen-bond acceptors (Lipinski definition) is 7. The fourth-order valence-electron chi connectivity index (χ4n) is 1.98. The maximum atomic E-state index is 5.41. The van der Waals surface area contributed by atoms with Gasteiger partial charge in [0, 0.05) is 18.4 Å². The molecular weight excluding hydrogens is 268 g/mol. The number of nitrogens with two attached hydrogens (primary N) is 1. The average molecular weight is 290 g/mol. The van der Waals surface area contributed by atoms with Gasteiger partial charge in [-0.3, -0.25) is 9.99 Å². The number of nitrogens with zero attached hydrogens (tertiary/aromatic N) is 5. The monoisotopic (exact) mass is 290 g/mol. The van der Waals surface area contributed by atoms with Crippen molar-refractivity contribution in [3.8, 4) is 5.95 Å². The van der Waals surface area contributed by atoms with Crippen LogP contribution in [0.4, 0.5) is 11.9 Å². The summed E-state index contributed by atoms with van der Waals surface area (Å²) in [5.41, 5.74) is 2.46. The van der Waals surface area contributed by atoms with Crippen LogP contribution in [0.5, 0.6) is 0 Å². The predicted molar refractivity (Wildman–Crippen MR) is 82.0 cm³/mol. The zero-order chi connectivity index (χ0) is 15.1. The Balaban J connectivity index is 2.10. The summed E-state index contributed by atoms with van der Waals surface area (Å²) < 4.78 is 1.70. The van der Waals surface area contributed by atoms with E-state index >= 15 is 0 Å². The molecule has 2 heterocycles. The standard InChI is InChI=1S/C13H22N8/c1-3-4-5-6-10(2)16-11-17-12(20-14)19-13(18-11)21-8-7-15-9-21/h7-10H,3-6,14H2,1-2H3,(H2,16,17,18,19,20). The van der Waals surface area contributed by atoms with Gasteiger partial charge in [0.05, 0.1) is 0 Å². The van der Waals surface area contributed by atoms with Gasteiger partial charge in [-0.25, -0.2) is 10.8 Å². The number of aromatic nitrogens is 5. The van der Waals surface area contributed by atoms with Gasteiger partial charge >= 0.3 is 0 Å². The summed E-state index contributed by atoms with van der Waals surface area (Å²) in [7, 11) is 0. The first-order chi connectivity index (χ1) is 10.2. The summed E-state index contributed by atoms with van der Waals surface area (Å²) in [6, 6.07) is 0.292. The number of nitrogen functional groups attached to an aromatic ring is 1. The molecule has 1 atom stereocenters. The Hall–Kier alpha value is -2.22. The third-order valence-electron chi connectivity index (χ3n) is 3.10. The summed E-state index contributed by atoms with van der Waals surface area (Å²) in [5.74, 6) is 6.71. The van der Waals surface area contributed by atoms with Gasteiger partial charge in [-0.05, 0) is 13.3 Å². The normalized spacial score (nSPS) is 12.1. The maximum Gasteiger partial charge on any atom is 0.243 e. The van der Waals surface area contributed by atoms with Crippen LogP contribution in [0.15, 0.2) is 18.7 Å². The summed E-state index contributed by atoms with van der Waals surface area (Å²) in [4.78, 5) is 16.8. The Bertz CT molecular complexity index is 539. The Morgan fingerprint density at radius 3 is 2.71 bits per heavy atom. The van der Waals surface area contributed by atoms with Crippen molar-refractivity contribution in [2.45, 2.75) is 45.6 Å². The van der Waals surface area contributed by atoms with E-state index in [9.17, 15) is 0 Å². The number of unbranched alkanes of at least 4 members (excludes halogenated alkanes) is 2. The van der Waals surface area contributed by atoms with Gasteiger partial charge in [-0.15, -0.1) is 0 Å². The predicted octanol–water partition coefficient (Wildman–Crippen LogP) is 1.72. The highest BCUT2D eigenvalue weighted by Crippen LogP contribution is 2.12. The first kappa shape index (κ1) is 15.2. The molecule has 0 aliphatic rings. The number of anilines is 2. The number of hydrogen-bond donors (Lipinski definition) is 3. The van der Waals surface area contributed by atoms with E-state index in [2.05, 4.69) is 44.5 Å². The number of hydrazine groups is 1. The molecule has 0 radical (unpaired) electrons. The minimum Gasteiger partial charge on any atom is -0.352 e. The molecule has 0 aliphatic carbocycles. The highest BCUT2D eigenvalue weighted by Gasteiger charge is 2.09. The molecule has 0 bridgehead atoms. The Labute approximate surface area is 124 Å². The van der Waals surface area contributed by atoms with Crippen LogP contribution in [0.1, 0.15) is 39.5 Å². The highest BCUT2D eigenvalue weighted by atomic mass is 15.4. The van der Waals surface area contributed by atoms with Crippen LogP contribution >= 0.6 is 0 Å². The molecule has 2 aromatic heterocycles. The second-order valence-corrected chi connectivity index (χ2v) is 4.94. The molecule has 0 aliphatic heterocycles. The molecule has 1 unspecified atom stereocenters. The number of nitrogens with one attached hydrogen (secondary N) is 2. The fourth-order valence-corrected chi connectivity index (χ4v) is 1.98. The van der Waals surface area contributed by atoms with Crippen LogP contribution in [0.3, 0.4) is 0 Å². The molecule has 2 rings (SSSR count). The average Bonchev–Trinajstić information content (AvgIpc) is 3.01. The molecule has 8 nitrogen and oxygen atoms in total. The van der Waals surface area contributed by atoms with Crippen LogP contribution < -0.4 is 16.6 Å². The first-order valence-corrected chi connectivity index (χ1v) is 7.20. The molecule has 114 valence electrons. The van der Waals surface area contributed by atoms with Crippen LogP contribution in [-0.4, -0.2) is 30.5 Å². The lowest BCUT2D eigenvalue weighted by Crippen LogP contribution is -2.20. The van der Waals surface area contributed by atoms with Crippen molar-refractivity contribution in [3.63, 3.8) is 0 Å². The third kappa shape index (κ3) is 4.38. The fraction of sp³-hybridized carbons (Fsp3) is 0.538. The molecule has 8 heteroatoms. The van der Waals surface area contributed by atoms with E-state index in [0.29, 0.717) is 23.9 Å². The van der Waals surface area contributed by atoms with Crippen LogP contribution in [0.25, 0.3) is 5.95 Å². The lowest BCUT2D eigenvalue weighted by Gasteiger charge is -2.14. The van der Waals surface area contributed by atoms with Crippen LogP contribution in [-0.2, 0) is 0 Å². The van der Waals surface area contributed by atoms with Gasteiger partial charge in [0.15, 0.2) is 0 Å². The molecule has 0 fully saturated rings. The van der Waals surface area contributed by atoms with Crippen LogP contribution in [0, 0.1) is 0 Å². The van der Waals surface area contributed by atoms with Gasteiger partial charge in [-0.2, -0.15) is 15.0 Å². The van der Waals surface area contributed by atoms with E-state index in [4.69, 9.17) is 5.84 Å². The van der Waals surface area contributed by atoms with Crippen molar-refractivity contribution >= 4 is 11.9 Å². The zero-order valence-electron chi connectivity index (χ0n) is 12.5. The summed E-state index contributed by atoms with van der Waals surface area (Å²) in [5, 5.41) is 3.29. The summed E-state index contributed by atoms with van der Waals surface area (Å²) in [6.07, 6.45) is 9.77. The maximum absolute atomic E-state index is 5.41. The molecule has 4 N–H and O–H groups in total. The molecule has 2 aromatic rings. The van der Waals surface area contributed by atoms with Gasteiger partial charge in [0.1, 0.15) is 6.33 Å². The molecule has 0 spiro atoms. The van der Waals surface area contributed by atoms with E-state index in [1.165, 1.54) is 19.3 Å². The van der Waals surface area contributed by atoms with Crippen molar-refractivity contribution < 1.29 is 0 Å². The smallest absolute Gasteiger partial charge is 0.243 e. The second-order valence-electron chi connectivity index (χ2n) is 4.94. The minimum absolute atomic E-state index is 0.292. The Morgan fingerprint density at radius 1 is 1.24 bits per heavy atom. The number of rotatable bonds is 8. The van der Waals surface area contributed by atoms with Crippen molar-refractivity contribution in [1.82, 2.24) is 24.5 Å². The lowest BCUT2D eigenvalue weighted by atomic mass is 10.1. The molecule has 21 heavy (non-hydrogen) atoms. The van der Waals surface area contributed by atoms with E-state index in [1.807, 2.05) is 0 Å². The SMILES string of the molecule is CCCCCC(C)Nc1nc(NN)nc(-n2ccnc2)n1. The summed E-state index contributed by atoms with van der Waals surface area (Å²) >= 11 is 0. The Morgan fingerprint density at radius 2 is 2.05 bits per heavy atom. The minimum atomic E-state index is 0.292. The van der Waals surface area contributed by atoms with E-state index in [1.54, 1.807) is 23.3 Å². The number of imidazole rings is 1. The first-order valence-electron chi connectivity index (χ1n) is 7.20. The molecule has 0 aromatic carbocycles. The van der Waals surface area contributed by atoms with E-state index in [0.717, 1.165) is 6.42 Å². The molecule has 0 amide bonds. The largest absolute Gasteiger partial charge is 0.352 e. The second kappa shape index (κ2) is 7.53. The molecular formula is C13H22N8. The van der Waals surface area contributed by atoms with Gasteiger partial charge in [-0.1, -0.05) is 26.2 Å². The molecule has 0 saturated carbocycles. The quantitative estimate of drug-likeness (QED) is 0.386. The van der Waals surface area contributed by atoms with Gasteiger partial charge < -0.3 is 5.32 Å². The highest BCUT2D eigenvalue weighted by molar-refractivity contribution is 5.37. The van der Waals surface area contributed by atoms with Crippen molar-refractivity contribution in [2.24, 2.45) is 5.84 Å². The summed E-state index contributed by atoms with van der Waals surface area (Å²) in [6.45, 7) is 4.31. The van der Waals surface area contributed by atoms with Gasteiger partial charge in [0.2, 0.25) is 17.8 Å². The van der Waals surface area contributed by atoms with E-state index in [-0.39, 0.29) is 0 Å². The third-order valence-corrected chi connectivity index (χ3v) is 3.10.